The molecule has 0 amide bonds. The fourth-order valence-corrected chi connectivity index (χ4v) is 3.68. The van der Waals surface area contributed by atoms with Crippen molar-refractivity contribution in [2.45, 2.75) is 23.2 Å². The SMILES string of the molecule is CCOC(=O)C(F)(Cc1ccccc1)S(=O)(=O)c1ccccc1. The van der Waals surface area contributed by atoms with Crippen molar-refractivity contribution in [3.8, 4) is 0 Å². The Kier molecular flexibility index (Phi) is 5.15. The third-order valence-electron chi connectivity index (χ3n) is 3.33. The van der Waals surface area contributed by atoms with Crippen molar-refractivity contribution in [3.63, 3.8) is 0 Å². The lowest BCUT2D eigenvalue weighted by molar-refractivity contribution is -0.151. The van der Waals surface area contributed by atoms with Gasteiger partial charge in [-0.2, -0.15) is 0 Å². The topological polar surface area (TPSA) is 60.4 Å². The van der Waals surface area contributed by atoms with E-state index in [0.717, 1.165) is 0 Å². The number of hydrogen-bond donors (Lipinski definition) is 0. The second-order valence-corrected chi connectivity index (χ2v) is 7.05. The van der Waals surface area contributed by atoms with Gasteiger partial charge in [0.05, 0.1) is 11.5 Å². The van der Waals surface area contributed by atoms with Crippen LogP contribution in [0.5, 0.6) is 0 Å². The lowest BCUT2D eigenvalue weighted by Gasteiger charge is -2.23. The van der Waals surface area contributed by atoms with E-state index in [-0.39, 0.29) is 11.5 Å². The highest BCUT2D eigenvalue weighted by Crippen LogP contribution is 2.32. The molecule has 0 N–H and O–H groups in total. The summed E-state index contributed by atoms with van der Waals surface area (Å²) in [5.74, 6) is -1.40. The van der Waals surface area contributed by atoms with Gasteiger partial charge in [-0.05, 0) is 24.6 Å². The Morgan fingerprint density at radius 2 is 1.57 bits per heavy atom. The number of esters is 1. The van der Waals surface area contributed by atoms with E-state index in [9.17, 15) is 13.2 Å². The summed E-state index contributed by atoms with van der Waals surface area (Å²) in [6.07, 6.45) is -0.607. The Morgan fingerprint density at radius 3 is 2.09 bits per heavy atom. The van der Waals surface area contributed by atoms with Gasteiger partial charge < -0.3 is 4.74 Å². The van der Waals surface area contributed by atoms with Crippen LogP contribution in [0.3, 0.4) is 0 Å². The van der Waals surface area contributed by atoms with Crippen molar-refractivity contribution >= 4 is 15.8 Å². The van der Waals surface area contributed by atoms with E-state index in [4.69, 9.17) is 4.74 Å². The summed E-state index contributed by atoms with van der Waals surface area (Å²) in [4.78, 5) is 11.9. The largest absolute Gasteiger partial charge is 0.463 e. The Balaban J connectivity index is 2.51. The molecule has 0 bridgehead atoms. The van der Waals surface area contributed by atoms with Crippen LogP contribution in [0, 0.1) is 0 Å². The zero-order valence-corrected chi connectivity index (χ0v) is 13.4. The maximum Gasteiger partial charge on any atom is 0.360 e. The van der Waals surface area contributed by atoms with E-state index in [2.05, 4.69) is 0 Å². The molecule has 0 saturated carbocycles. The molecule has 0 aromatic heterocycles. The van der Waals surface area contributed by atoms with Gasteiger partial charge in [0.15, 0.2) is 0 Å². The smallest absolute Gasteiger partial charge is 0.360 e. The predicted molar refractivity (Wildman–Crippen MR) is 84.2 cm³/mol. The molecular formula is C17H17FO4S. The van der Waals surface area contributed by atoms with Crippen molar-refractivity contribution in [2.24, 2.45) is 0 Å². The fraction of sp³-hybridized carbons (Fsp3) is 0.235. The number of carbonyl (C=O) groups excluding carboxylic acids is 1. The van der Waals surface area contributed by atoms with Crippen LogP contribution in [0.15, 0.2) is 65.6 Å². The standard InChI is InChI=1S/C17H17FO4S/c1-2-22-16(19)17(18,13-14-9-5-3-6-10-14)23(20,21)15-11-7-4-8-12-15/h3-12H,2,13H2,1H3. The molecule has 0 radical (unpaired) electrons. The molecule has 0 heterocycles. The summed E-state index contributed by atoms with van der Waals surface area (Å²) in [5.41, 5.74) is 0.391. The van der Waals surface area contributed by atoms with Crippen molar-refractivity contribution in [1.82, 2.24) is 0 Å². The molecule has 2 aromatic carbocycles. The molecule has 2 rings (SSSR count). The van der Waals surface area contributed by atoms with Crippen LogP contribution in [0.25, 0.3) is 0 Å². The number of hydrogen-bond acceptors (Lipinski definition) is 4. The first-order valence-corrected chi connectivity index (χ1v) is 8.60. The quantitative estimate of drug-likeness (QED) is 0.761. The second-order valence-electron chi connectivity index (χ2n) is 4.93. The van der Waals surface area contributed by atoms with E-state index >= 15 is 4.39 Å². The number of alkyl halides is 1. The van der Waals surface area contributed by atoms with Gasteiger partial charge in [-0.25, -0.2) is 17.6 Å². The van der Waals surface area contributed by atoms with E-state index in [0.29, 0.717) is 5.56 Å². The fourth-order valence-electron chi connectivity index (χ4n) is 2.16. The van der Waals surface area contributed by atoms with Gasteiger partial charge in [0, 0.05) is 6.42 Å². The van der Waals surface area contributed by atoms with Gasteiger partial charge in [-0.3, -0.25) is 0 Å². The number of ether oxygens (including phenoxy) is 1. The zero-order valence-electron chi connectivity index (χ0n) is 12.6. The number of sulfone groups is 1. The van der Waals surface area contributed by atoms with Crippen LogP contribution in [-0.4, -0.2) is 26.0 Å². The Hall–Kier alpha value is -2.21. The van der Waals surface area contributed by atoms with Crippen LogP contribution < -0.4 is 0 Å². The highest BCUT2D eigenvalue weighted by molar-refractivity contribution is 7.93. The zero-order chi connectivity index (χ0) is 16.9. The first-order chi connectivity index (χ1) is 10.9. The minimum atomic E-state index is -4.56. The van der Waals surface area contributed by atoms with Crippen molar-refractivity contribution in [1.29, 1.82) is 0 Å². The average Bonchev–Trinajstić information content (AvgIpc) is 2.56. The average molecular weight is 336 g/mol. The van der Waals surface area contributed by atoms with Gasteiger partial charge in [0.25, 0.3) is 0 Å². The molecule has 122 valence electrons. The Labute approximate surface area is 134 Å². The van der Waals surface area contributed by atoms with Crippen molar-refractivity contribution < 1.29 is 22.3 Å². The highest BCUT2D eigenvalue weighted by atomic mass is 32.2. The highest BCUT2D eigenvalue weighted by Gasteiger charge is 2.53. The number of benzene rings is 2. The Bertz CT molecular complexity index is 760. The molecule has 0 spiro atoms. The van der Waals surface area contributed by atoms with Crippen LogP contribution in [-0.2, 0) is 25.8 Å². The van der Waals surface area contributed by atoms with Gasteiger partial charge in [-0.1, -0.05) is 48.5 Å². The Morgan fingerprint density at radius 1 is 1.04 bits per heavy atom. The summed E-state index contributed by atoms with van der Waals surface area (Å²) in [6.45, 7) is 1.39. The minimum absolute atomic E-state index is 0.108. The number of carbonyl (C=O) groups is 1. The van der Waals surface area contributed by atoms with E-state index < -0.39 is 27.2 Å². The molecule has 0 aliphatic carbocycles. The van der Waals surface area contributed by atoms with Crippen LogP contribution >= 0.6 is 0 Å². The van der Waals surface area contributed by atoms with E-state index in [1.807, 2.05) is 0 Å². The molecule has 2 aromatic rings. The first-order valence-electron chi connectivity index (χ1n) is 7.11. The maximum absolute atomic E-state index is 15.5. The lowest BCUT2D eigenvalue weighted by atomic mass is 10.1. The third kappa shape index (κ3) is 3.42. The van der Waals surface area contributed by atoms with E-state index in [1.165, 1.54) is 31.2 Å². The number of rotatable bonds is 6. The third-order valence-corrected chi connectivity index (χ3v) is 5.39. The molecule has 0 aliphatic rings. The molecular weight excluding hydrogens is 319 g/mol. The molecule has 0 saturated heterocycles. The van der Waals surface area contributed by atoms with Gasteiger partial charge >= 0.3 is 11.0 Å². The molecule has 6 heteroatoms. The van der Waals surface area contributed by atoms with Crippen LogP contribution in [0.2, 0.25) is 0 Å². The summed E-state index contributed by atoms with van der Waals surface area (Å²) >= 11 is 0. The molecule has 0 aliphatic heterocycles. The second kappa shape index (κ2) is 6.91. The lowest BCUT2D eigenvalue weighted by Crippen LogP contribution is -2.45. The van der Waals surface area contributed by atoms with Gasteiger partial charge in [-0.15, -0.1) is 0 Å². The van der Waals surface area contributed by atoms with Crippen LogP contribution in [0.4, 0.5) is 4.39 Å². The normalized spacial score (nSPS) is 14.0. The van der Waals surface area contributed by atoms with Gasteiger partial charge in [0.2, 0.25) is 9.84 Å². The number of halogens is 1. The van der Waals surface area contributed by atoms with Crippen LogP contribution in [0.1, 0.15) is 12.5 Å². The molecule has 1 atom stereocenters. The minimum Gasteiger partial charge on any atom is -0.463 e. The van der Waals surface area contributed by atoms with Crippen molar-refractivity contribution in [2.75, 3.05) is 6.61 Å². The molecule has 23 heavy (non-hydrogen) atoms. The van der Waals surface area contributed by atoms with Gasteiger partial charge in [0.1, 0.15) is 0 Å². The molecule has 1 unspecified atom stereocenters. The summed E-state index contributed by atoms with van der Waals surface area (Å²) in [6, 6.07) is 15.2. The summed E-state index contributed by atoms with van der Waals surface area (Å²) < 4.78 is 45.6. The van der Waals surface area contributed by atoms with Crippen molar-refractivity contribution in [3.05, 3.63) is 66.2 Å². The maximum atomic E-state index is 15.5. The molecule has 0 fully saturated rings. The summed E-state index contributed by atoms with van der Waals surface area (Å²) in [5, 5.41) is -3.17. The monoisotopic (exact) mass is 336 g/mol. The van der Waals surface area contributed by atoms with E-state index in [1.54, 1.807) is 36.4 Å². The first kappa shape index (κ1) is 17.1. The summed E-state index contributed by atoms with van der Waals surface area (Å²) in [7, 11) is -4.56. The molecule has 4 nitrogen and oxygen atoms in total. The predicted octanol–water partition coefficient (Wildman–Crippen LogP) is 2.93.